The van der Waals surface area contributed by atoms with Crippen LogP contribution in [0.3, 0.4) is 0 Å². The van der Waals surface area contributed by atoms with E-state index in [9.17, 15) is 9.59 Å². The highest BCUT2D eigenvalue weighted by molar-refractivity contribution is 8.15. The lowest BCUT2D eigenvalue weighted by Gasteiger charge is -2.09. The first-order valence-corrected chi connectivity index (χ1v) is 5.38. The first-order valence-electron chi connectivity index (χ1n) is 4.50. The number of rotatable bonds is 2. The molecule has 1 fully saturated rings. The number of hydrogen-bond donors (Lipinski definition) is 2. The average Bonchev–Trinajstić information content (AvgIpc) is 2.49. The molecule has 78 valence electrons. The van der Waals surface area contributed by atoms with Gasteiger partial charge in [-0.2, -0.15) is 0 Å². The molecule has 1 saturated heterocycles. The van der Waals surface area contributed by atoms with Crippen LogP contribution in [0.15, 0.2) is 24.3 Å². The minimum Gasteiger partial charge on any atom is -0.365 e. The maximum Gasteiger partial charge on any atom is 0.288 e. The molecule has 1 heterocycles. The molecule has 0 aromatic heterocycles. The van der Waals surface area contributed by atoms with Gasteiger partial charge in [0.2, 0.25) is 0 Å². The number of carbonyl (C=O) groups is 2. The standard InChI is InChI=1S/C10H10N2O2S/c1-6-2-4-7(5-3-6)11-9-8(13)12-10(14)15-9/h2-5,9,11H,1H3,(H,12,13,14)/t9-/m1/s1. The zero-order chi connectivity index (χ0) is 10.8. The predicted molar refractivity (Wildman–Crippen MR) is 59.7 cm³/mol. The van der Waals surface area contributed by atoms with Crippen molar-refractivity contribution >= 4 is 28.6 Å². The second kappa shape index (κ2) is 3.94. The van der Waals surface area contributed by atoms with E-state index in [0.717, 1.165) is 23.0 Å². The molecular formula is C10H10N2O2S. The summed E-state index contributed by atoms with van der Waals surface area (Å²) in [7, 11) is 0. The molecule has 1 aliphatic heterocycles. The van der Waals surface area contributed by atoms with Crippen LogP contribution in [-0.4, -0.2) is 16.5 Å². The Morgan fingerprint density at radius 1 is 1.27 bits per heavy atom. The molecule has 2 N–H and O–H groups in total. The van der Waals surface area contributed by atoms with Crippen molar-refractivity contribution < 1.29 is 9.59 Å². The van der Waals surface area contributed by atoms with Crippen LogP contribution < -0.4 is 10.6 Å². The summed E-state index contributed by atoms with van der Waals surface area (Å²) in [4.78, 5) is 22.1. The van der Waals surface area contributed by atoms with E-state index in [4.69, 9.17) is 0 Å². The van der Waals surface area contributed by atoms with Crippen LogP contribution in [0, 0.1) is 6.92 Å². The van der Waals surface area contributed by atoms with E-state index in [1.807, 2.05) is 31.2 Å². The average molecular weight is 222 g/mol. The normalized spacial score (nSPS) is 20.2. The van der Waals surface area contributed by atoms with Crippen molar-refractivity contribution in [3.8, 4) is 0 Å². The van der Waals surface area contributed by atoms with E-state index in [1.165, 1.54) is 0 Å². The Bertz CT molecular complexity index is 402. The van der Waals surface area contributed by atoms with Crippen LogP contribution in [0.5, 0.6) is 0 Å². The number of hydrogen-bond acceptors (Lipinski definition) is 4. The summed E-state index contributed by atoms with van der Waals surface area (Å²) in [6.45, 7) is 1.99. The van der Waals surface area contributed by atoms with Gasteiger partial charge in [0.15, 0.2) is 5.37 Å². The first-order chi connectivity index (χ1) is 7.15. The number of amides is 2. The Hall–Kier alpha value is -1.49. The van der Waals surface area contributed by atoms with Crippen molar-refractivity contribution in [1.29, 1.82) is 0 Å². The molecule has 5 heteroatoms. The van der Waals surface area contributed by atoms with Crippen molar-refractivity contribution in [1.82, 2.24) is 5.32 Å². The van der Waals surface area contributed by atoms with E-state index in [-0.39, 0.29) is 11.1 Å². The number of carbonyl (C=O) groups excluding carboxylic acids is 2. The van der Waals surface area contributed by atoms with Gasteiger partial charge in [0, 0.05) is 5.69 Å². The second-order valence-corrected chi connectivity index (χ2v) is 4.36. The summed E-state index contributed by atoms with van der Waals surface area (Å²) in [6.07, 6.45) is 0. The maximum atomic E-state index is 11.2. The molecule has 1 aliphatic rings. The summed E-state index contributed by atoms with van der Waals surface area (Å²) in [5.41, 5.74) is 1.99. The zero-order valence-corrected chi connectivity index (χ0v) is 8.93. The maximum absolute atomic E-state index is 11.2. The van der Waals surface area contributed by atoms with Crippen molar-refractivity contribution in [2.75, 3.05) is 5.32 Å². The van der Waals surface area contributed by atoms with Gasteiger partial charge >= 0.3 is 0 Å². The van der Waals surface area contributed by atoms with Gasteiger partial charge in [0.25, 0.3) is 11.1 Å². The smallest absolute Gasteiger partial charge is 0.288 e. The third-order valence-electron chi connectivity index (χ3n) is 2.04. The van der Waals surface area contributed by atoms with Gasteiger partial charge in [-0.3, -0.25) is 14.9 Å². The number of nitrogens with one attached hydrogen (secondary N) is 2. The summed E-state index contributed by atoms with van der Waals surface area (Å²) in [5.74, 6) is -0.287. The molecular weight excluding hydrogens is 212 g/mol. The van der Waals surface area contributed by atoms with Crippen molar-refractivity contribution in [2.45, 2.75) is 12.3 Å². The molecule has 0 aliphatic carbocycles. The quantitative estimate of drug-likeness (QED) is 0.800. The lowest BCUT2D eigenvalue weighted by atomic mass is 10.2. The molecule has 4 nitrogen and oxygen atoms in total. The summed E-state index contributed by atoms with van der Waals surface area (Å²) in [5, 5.41) is 4.38. The van der Waals surface area contributed by atoms with Gasteiger partial charge in [-0.25, -0.2) is 0 Å². The fourth-order valence-corrected chi connectivity index (χ4v) is 1.99. The largest absolute Gasteiger partial charge is 0.365 e. The Morgan fingerprint density at radius 2 is 1.93 bits per heavy atom. The SMILES string of the molecule is Cc1ccc(N[C@@H]2SC(=O)NC2=O)cc1. The number of thioether (sulfide) groups is 1. The molecule has 0 spiro atoms. The van der Waals surface area contributed by atoms with Crippen LogP contribution in [0.1, 0.15) is 5.56 Å². The molecule has 15 heavy (non-hydrogen) atoms. The Labute approximate surface area is 91.4 Å². The second-order valence-electron chi connectivity index (χ2n) is 3.28. The fraction of sp³-hybridized carbons (Fsp3) is 0.200. The fourth-order valence-electron chi connectivity index (χ4n) is 1.25. The number of aryl methyl sites for hydroxylation is 1. The van der Waals surface area contributed by atoms with Crippen molar-refractivity contribution in [3.05, 3.63) is 29.8 Å². The third kappa shape index (κ3) is 2.30. The highest BCUT2D eigenvalue weighted by Crippen LogP contribution is 2.21. The Morgan fingerprint density at radius 3 is 2.47 bits per heavy atom. The minimum absolute atomic E-state index is 0.287. The number of imide groups is 1. The van der Waals surface area contributed by atoms with E-state index >= 15 is 0 Å². The lowest BCUT2D eigenvalue weighted by Crippen LogP contribution is -2.29. The van der Waals surface area contributed by atoms with Crippen LogP contribution >= 0.6 is 11.8 Å². The van der Waals surface area contributed by atoms with Crippen LogP contribution in [0.4, 0.5) is 10.5 Å². The first kappa shape index (κ1) is 10.0. The van der Waals surface area contributed by atoms with Gasteiger partial charge in [-0.15, -0.1) is 0 Å². The van der Waals surface area contributed by atoms with Gasteiger partial charge in [0.1, 0.15) is 0 Å². The molecule has 0 saturated carbocycles. The molecule has 1 aromatic carbocycles. The van der Waals surface area contributed by atoms with E-state index in [2.05, 4.69) is 10.6 Å². The van der Waals surface area contributed by atoms with Crippen LogP contribution in [0.2, 0.25) is 0 Å². The van der Waals surface area contributed by atoms with Crippen molar-refractivity contribution in [2.24, 2.45) is 0 Å². The topological polar surface area (TPSA) is 58.2 Å². The number of anilines is 1. The van der Waals surface area contributed by atoms with Crippen LogP contribution in [-0.2, 0) is 4.79 Å². The zero-order valence-electron chi connectivity index (χ0n) is 8.11. The van der Waals surface area contributed by atoms with E-state index in [1.54, 1.807) is 0 Å². The van der Waals surface area contributed by atoms with E-state index in [0.29, 0.717) is 0 Å². The predicted octanol–water partition coefficient (Wildman–Crippen LogP) is 1.72. The molecule has 0 radical (unpaired) electrons. The van der Waals surface area contributed by atoms with Gasteiger partial charge < -0.3 is 5.32 Å². The summed E-state index contributed by atoms with van der Waals surface area (Å²) >= 11 is 0.962. The molecule has 2 rings (SSSR count). The van der Waals surface area contributed by atoms with Crippen molar-refractivity contribution in [3.63, 3.8) is 0 Å². The Balaban J connectivity index is 2.06. The minimum atomic E-state index is -0.514. The molecule has 1 aromatic rings. The van der Waals surface area contributed by atoms with Crippen LogP contribution in [0.25, 0.3) is 0 Å². The summed E-state index contributed by atoms with van der Waals surface area (Å²) < 4.78 is 0. The van der Waals surface area contributed by atoms with E-state index < -0.39 is 5.37 Å². The van der Waals surface area contributed by atoms with Gasteiger partial charge in [-0.05, 0) is 30.8 Å². The monoisotopic (exact) mass is 222 g/mol. The molecule has 1 atom stereocenters. The van der Waals surface area contributed by atoms with Gasteiger partial charge in [-0.1, -0.05) is 17.7 Å². The molecule has 0 bridgehead atoms. The highest BCUT2D eigenvalue weighted by atomic mass is 32.2. The molecule has 0 unspecified atom stereocenters. The molecule has 2 amide bonds. The summed E-state index contributed by atoms with van der Waals surface area (Å²) in [6, 6.07) is 7.65. The number of benzene rings is 1. The highest BCUT2D eigenvalue weighted by Gasteiger charge is 2.31. The lowest BCUT2D eigenvalue weighted by molar-refractivity contribution is -0.118. The van der Waals surface area contributed by atoms with Gasteiger partial charge in [0.05, 0.1) is 0 Å². The third-order valence-corrected chi connectivity index (χ3v) is 2.92. The Kier molecular flexibility index (Phi) is 2.64.